The van der Waals surface area contributed by atoms with Crippen LogP contribution in [0.4, 0.5) is 4.39 Å². The Morgan fingerprint density at radius 2 is 2.29 bits per heavy atom. The number of nitrogens with zero attached hydrogens (tertiary/aromatic N) is 2. The van der Waals surface area contributed by atoms with Crippen molar-refractivity contribution in [2.45, 2.75) is 25.5 Å². The molecular weight excluding hydrogens is 297 g/mol. The van der Waals surface area contributed by atoms with E-state index in [1.54, 1.807) is 6.07 Å². The van der Waals surface area contributed by atoms with Crippen LogP contribution in [0.3, 0.4) is 0 Å². The molecule has 1 aliphatic rings. The van der Waals surface area contributed by atoms with Crippen LogP contribution >= 0.6 is 12.4 Å². The lowest BCUT2D eigenvalue weighted by molar-refractivity contribution is -0.00136. The van der Waals surface area contributed by atoms with Gasteiger partial charge in [-0.2, -0.15) is 4.98 Å². The monoisotopic (exact) mass is 313 g/mol. The number of rotatable bonds is 3. The summed E-state index contributed by atoms with van der Waals surface area (Å²) < 4.78 is 24.0. The van der Waals surface area contributed by atoms with Crippen LogP contribution in [-0.4, -0.2) is 29.4 Å². The van der Waals surface area contributed by atoms with Crippen LogP contribution < -0.4 is 5.32 Å². The fourth-order valence-corrected chi connectivity index (χ4v) is 2.30. The zero-order valence-corrected chi connectivity index (χ0v) is 12.4. The average molecular weight is 314 g/mol. The molecule has 0 amide bonds. The van der Waals surface area contributed by atoms with Gasteiger partial charge in [-0.3, -0.25) is 0 Å². The number of aromatic nitrogens is 2. The molecule has 1 aromatic heterocycles. The molecule has 0 aliphatic carbocycles. The third-order valence-electron chi connectivity index (χ3n) is 3.32. The second kappa shape index (κ2) is 6.98. The van der Waals surface area contributed by atoms with Gasteiger partial charge in [0.15, 0.2) is 5.82 Å². The Bertz CT molecular complexity index is 593. The predicted molar refractivity (Wildman–Crippen MR) is 76.9 cm³/mol. The molecule has 1 fully saturated rings. The molecule has 114 valence electrons. The highest BCUT2D eigenvalue weighted by molar-refractivity contribution is 5.85. The average Bonchev–Trinajstić information content (AvgIpc) is 2.87. The summed E-state index contributed by atoms with van der Waals surface area (Å²) in [6.07, 6.45) is 0.440. The molecule has 2 atom stereocenters. The van der Waals surface area contributed by atoms with Gasteiger partial charge in [-0.05, 0) is 24.6 Å². The predicted octanol–water partition coefficient (Wildman–Crippen LogP) is 2.27. The molecule has 1 N–H and O–H groups in total. The van der Waals surface area contributed by atoms with Crippen molar-refractivity contribution in [1.29, 1.82) is 0 Å². The molecule has 2 aromatic rings. The van der Waals surface area contributed by atoms with E-state index in [-0.39, 0.29) is 30.4 Å². The zero-order valence-electron chi connectivity index (χ0n) is 11.6. The van der Waals surface area contributed by atoms with Crippen molar-refractivity contribution in [3.05, 3.63) is 47.4 Å². The van der Waals surface area contributed by atoms with E-state index >= 15 is 0 Å². The van der Waals surface area contributed by atoms with Gasteiger partial charge >= 0.3 is 0 Å². The van der Waals surface area contributed by atoms with Crippen molar-refractivity contribution in [1.82, 2.24) is 15.5 Å². The normalized spacial score (nSPS) is 21.8. The molecule has 21 heavy (non-hydrogen) atoms. The van der Waals surface area contributed by atoms with Crippen LogP contribution in [0.2, 0.25) is 0 Å². The second-order valence-electron chi connectivity index (χ2n) is 4.86. The molecular formula is C14H17ClFN3O2. The first kappa shape index (κ1) is 15.9. The maximum atomic E-state index is 13.1. The van der Waals surface area contributed by atoms with Gasteiger partial charge in [0, 0.05) is 13.0 Å². The summed E-state index contributed by atoms with van der Waals surface area (Å²) in [4.78, 5) is 4.37. The molecule has 1 saturated heterocycles. The molecule has 1 aromatic carbocycles. The van der Waals surface area contributed by atoms with Crippen molar-refractivity contribution in [2.24, 2.45) is 0 Å². The van der Waals surface area contributed by atoms with Crippen LogP contribution in [-0.2, 0) is 11.2 Å². The third kappa shape index (κ3) is 3.78. The number of benzene rings is 1. The molecule has 0 unspecified atom stereocenters. The summed E-state index contributed by atoms with van der Waals surface area (Å²) >= 11 is 0. The third-order valence-corrected chi connectivity index (χ3v) is 3.32. The lowest BCUT2D eigenvalue weighted by Crippen LogP contribution is -2.40. The van der Waals surface area contributed by atoms with Gasteiger partial charge in [0.05, 0.1) is 12.7 Å². The summed E-state index contributed by atoms with van der Waals surface area (Å²) in [6.45, 7) is 3.41. The number of halogens is 2. The molecule has 0 bridgehead atoms. The van der Waals surface area contributed by atoms with Gasteiger partial charge in [0.25, 0.3) is 0 Å². The first-order chi connectivity index (χ1) is 9.72. The van der Waals surface area contributed by atoms with E-state index in [1.807, 2.05) is 13.0 Å². The van der Waals surface area contributed by atoms with Crippen LogP contribution in [0.15, 0.2) is 28.8 Å². The molecule has 7 heteroatoms. The van der Waals surface area contributed by atoms with Gasteiger partial charge < -0.3 is 14.6 Å². The minimum Gasteiger partial charge on any atom is -0.375 e. The Morgan fingerprint density at radius 1 is 1.43 bits per heavy atom. The number of ether oxygens (including phenoxy) is 1. The maximum Gasteiger partial charge on any atom is 0.246 e. The summed E-state index contributed by atoms with van der Waals surface area (Å²) in [5.41, 5.74) is 0.818. The Kier molecular flexibility index (Phi) is 5.27. The lowest BCUT2D eigenvalue weighted by Gasteiger charge is -2.27. The second-order valence-corrected chi connectivity index (χ2v) is 4.86. The standard InChI is InChI=1S/C14H16FN3O2.ClH/c1-9-13(16-5-6-19-9)14-17-12(18-20-14)8-10-3-2-4-11(15)7-10;/h2-4,7,9,13,16H,5-6,8H2,1H3;1H/t9-,13+;/m1./s1. The summed E-state index contributed by atoms with van der Waals surface area (Å²) in [5, 5.41) is 7.24. The lowest BCUT2D eigenvalue weighted by atomic mass is 10.1. The van der Waals surface area contributed by atoms with Gasteiger partial charge in [-0.25, -0.2) is 4.39 Å². The number of hydrogen-bond acceptors (Lipinski definition) is 5. The van der Waals surface area contributed by atoms with E-state index in [0.29, 0.717) is 24.7 Å². The molecule has 1 aliphatic heterocycles. The Balaban J connectivity index is 0.00000161. The first-order valence-electron chi connectivity index (χ1n) is 6.64. The minimum absolute atomic E-state index is 0. The molecule has 0 saturated carbocycles. The number of hydrogen-bond donors (Lipinski definition) is 1. The van der Waals surface area contributed by atoms with E-state index in [1.165, 1.54) is 12.1 Å². The van der Waals surface area contributed by atoms with Crippen LogP contribution in [0.25, 0.3) is 0 Å². The summed E-state index contributed by atoms with van der Waals surface area (Å²) in [5.74, 6) is 0.802. The highest BCUT2D eigenvalue weighted by Gasteiger charge is 2.28. The summed E-state index contributed by atoms with van der Waals surface area (Å²) in [6, 6.07) is 6.31. The Hall–Kier alpha value is -1.50. The Labute approximate surface area is 128 Å². The van der Waals surface area contributed by atoms with Crippen LogP contribution in [0, 0.1) is 5.82 Å². The van der Waals surface area contributed by atoms with Gasteiger partial charge in [-0.1, -0.05) is 17.3 Å². The number of morpholine rings is 1. The molecule has 3 rings (SSSR count). The summed E-state index contributed by atoms with van der Waals surface area (Å²) in [7, 11) is 0. The van der Waals surface area contributed by atoms with Crippen molar-refractivity contribution >= 4 is 12.4 Å². The van der Waals surface area contributed by atoms with E-state index in [4.69, 9.17) is 9.26 Å². The highest BCUT2D eigenvalue weighted by atomic mass is 35.5. The first-order valence-corrected chi connectivity index (χ1v) is 6.64. The van der Waals surface area contributed by atoms with Gasteiger partial charge in [-0.15, -0.1) is 12.4 Å². The van der Waals surface area contributed by atoms with Gasteiger partial charge in [0.1, 0.15) is 11.9 Å². The van der Waals surface area contributed by atoms with E-state index in [9.17, 15) is 4.39 Å². The molecule has 2 heterocycles. The van der Waals surface area contributed by atoms with Crippen LogP contribution in [0.1, 0.15) is 30.2 Å². The largest absolute Gasteiger partial charge is 0.375 e. The van der Waals surface area contributed by atoms with E-state index in [2.05, 4.69) is 15.5 Å². The fourth-order valence-electron chi connectivity index (χ4n) is 2.30. The van der Waals surface area contributed by atoms with Gasteiger partial charge in [0.2, 0.25) is 5.89 Å². The Morgan fingerprint density at radius 3 is 3.05 bits per heavy atom. The quantitative estimate of drug-likeness (QED) is 0.942. The topological polar surface area (TPSA) is 60.2 Å². The molecule has 0 spiro atoms. The maximum absolute atomic E-state index is 13.1. The molecule has 0 radical (unpaired) electrons. The highest BCUT2D eigenvalue weighted by Crippen LogP contribution is 2.20. The minimum atomic E-state index is -0.262. The fraction of sp³-hybridized carbons (Fsp3) is 0.429. The van der Waals surface area contributed by atoms with E-state index in [0.717, 1.165) is 12.1 Å². The molecule has 5 nitrogen and oxygen atoms in total. The number of nitrogens with one attached hydrogen (secondary N) is 1. The zero-order chi connectivity index (χ0) is 13.9. The van der Waals surface area contributed by atoms with Crippen molar-refractivity contribution in [2.75, 3.05) is 13.2 Å². The van der Waals surface area contributed by atoms with Crippen LogP contribution in [0.5, 0.6) is 0 Å². The van der Waals surface area contributed by atoms with Crippen molar-refractivity contribution in [3.63, 3.8) is 0 Å². The van der Waals surface area contributed by atoms with Crippen molar-refractivity contribution < 1.29 is 13.7 Å². The van der Waals surface area contributed by atoms with Crippen molar-refractivity contribution in [3.8, 4) is 0 Å². The SMILES string of the molecule is C[C@H]1OCCN[C@@H]1c1nc(Cc2cccc(F)c2)no1.Cl. The smallest absolute Gasteiger partial charge is 0.246 e. The van der Waals surface area contributed by atoms with E-state index < -0.39 is 0 Å².